The van der Waals surface area contributed by atoms with Crippen LogP contribution in [0.2, 0.25) is 0 Å². The van der Waals surface area contributed by atoms with E-state index in [1.165, 1.54) is 0 Å². The first-order valence-corrected chi connectivity index (χ1v) is 6.88. The molecule has 0 aliphatic rings. The predicted octanol–water partition coefficient (Wildman–Crippen LogP) is 2.35. The van der Waals surface area contributed by atoms with Gasteiger partial charge in [-0.15, -0.1) is 0 Å². The van der Waals surface area contributed by atoms with Crippen molar-refractivity contribution in [2.75, 3.05) is 13.2 Å². The van der Waals surface area contributed by atoms with Crippen LogP contribution in [0.25, 0.3) is 10.9 Å². The maximum atomic E-state index is 9.58. The molecule has 1 aromatic carbocycles. The Labute approximate surface area is 114 Å². The number of aliphatic hydroxyl groups excluding tert-OH is 1. The van der Waals surface area contributed by atoms with Gasteiger partial charge in [-0.05, 0) is 32.9 Å². The van der Waals surface area contributed by atoms with E-state index in [4.69, 9.17) is 0 Å². The molecule has 0 aliphatic heterocycles. The molecule has 2 aromatic rings. The molecule has 19 heavy (non-hydrogen) atoms. The van der Waals surface area contributed by atoms with Crippen molar-refractivity contribution >= 4 is 10.9 Å². The van der Waals surface area contributed by atoms with E-state index in [1.807, 2.05) is 23.0 Å². The maximum absolute atomic E-state index is 9.58. The van der Waals surface area contributed by atoms with Crippen LogP contribution >= 0.6 is 0 Å². The van der Waals surface area contributed by atoms with Gasteiger partial charge in [-0.2, -0.15) is 5.10 Å². The van der Waals surface area contributed by atoms with Crippen LogP contribution in [0, 0.1) is 0 Å². The second-order valence-corrected chi connectivity index (χ2v) is 5.45. The topological polar surface area (TPSA) is 50.1 Å². The fourth-order valence-corrected chi connectivity index (χ4v) is 2.70. The zero-order chi connectivity index (χ0) is 13.9. The smallest absolute Gasteiger partial charge is 0.0685 e. The Kier molecular flexibility index (Phi) is 4.22. The summed E-state index contributed by atoms with van der Waals surface area (Å²) in [4.78, 5) is 0. The molecule has 2 unspecified atom stereocenters. The molecule has 2 atom stereocenters. The normalized spacial score (nSPS) is 16.4. The Morgan fingerprint density at radius 3 is 2.84 bits per heavy atom. The van der Waals surface area contributed by atoms with Crippen LogP contribution in [0.4, 0.5) is 0 Å². The van der Waals surface area contributed by atoms with E-state index in [2.05, 4.69) is 43.3 Å². The van der Waals surface area contributed by atoms with Gasteiger partial charge in [0.1, 0.15) is 0 Å². The van der Waals surface area contributed by atoms with Crippen molar-refractivity contribution in [3.63, 3.8) is 0 Å². The summed E-state index contributed by atoms with van der Waals surface area (Å²) in [6, 6.07) is 8.44. The maximum Gasteiger partial charge on any atom is 0.0685 e. The number of fused-ring (bicyclic) bond motifs is 1. The third-order valence-electron chi connectivity index (χ3n) is 3.62. The van der Waals surface area contributed by atoms with Gasteiger partial charge in [0, 0.05) is 10.9 Å². The predicted molar refractivity (Wildman–Crippen MR) is 78.2 cm³/mol. The van der Waals surface area contributed by atoms with E-state index in [1.54, 1.807) is 0 Å². The zero-order valence-corrected chi connectivity index (χ0v) is 11.9. The van der Waals surface area contributed by atoms with Gasteiger partial charge in [0.05, 0.1) is 24.4 Å². The van der Waals surface area contributed by atoms with Crippen molar-refractivity contribution in [1.29, 1.82) is 0 Å². The minimum Gasteiger partial charge on any atom is -0.394 e. The first kappa shape index (κ1) is 14.0. The van der Waals surface area contributed by atoms with E-state index in [0.717, 1.165) is 23.9 Å². The summed E-state index contributed by atoms with van der Waals surface area (Å²) in [5, 5.41) is 18.6. The Hall–Kier alpha value is -1.39. The van der Waals surface area contributed by atoms with Crippen LogP contribution in [0.1, 0.15) is 33.2 Å². The fourth-order valence-electron chi connectivity index (χ4n) is 2.70. The second kappa shape index (κ2) is 5.72. The Morgan fingerprint density at radius 2 is 2.16 bits per heavy atom. The highest BCUT2D eigenvalue weighted by molar-refractivity contribution is 5.78. The molecule has 0 bridgehead atoms. The number of nitrogens with zero attached hydrogens (tertiary/aromatic N) is 2. The summed E-state index contributed by atoms with van der Waals surface area (Å²) >= 11 is 0. The van der Waals surface area contributed by atoms with Crippen molar-refractivity contribution in [1.82, 2.24) is 15.1 Å². The second-order valence-electron chi connectivity index (χ2n) is 5.45. The zero-order valence-electron chi connectivity index (χ0n) is 11.9. The molecule has 0 aliphatic carbocycles. The average Bonchev–Trinajstić information content (AvgIpc) is 2.83. The molecule has 4 heteroatoms. The molecule has 0 fully saturated rings. The summed E-state index contributed by atoms with van der Waals surface area (Å²) < 4.78 is 2.04. The number of para-hydroxylation sites is 1. The van der Waals surface area contributed by atoms with Crippen LogP contribution in [-0.2, 0) is 0 Å². The number of benzene rings is 1. The monoisotopic (exact) mass is 261 g/mol. The van der Waals surface area contributed by atoms with Crippen molar-refractivity contribution in [2.24, 2.45) is 0 Å². The molecule has 4 nitrogen and oxygen atoms in total. The van der Waals surface area contributed by atoms with Crippen LogP contribution in [0.3, 0.4) is 0 Å². The van der Waals surface area contributed by atoms with E-state index < -0.39 is 0 Å². The summed E-state index contributed by atoms with van der Waals surface area (Å²) in [5.74, 6) is 0. The lowest BCUT2D eigenvalue weighted by molar-refractivity contribution is 0.151. The molecule has 104 valence electrons. The molecule has 0 radical (unpaired) electrons. The quantitative estimate of drug-likeness (QED) is 0.839. The highest BCUT2D eigenvalue weighted by Gasteiger charge is 2.26. The van der Waals surface area contributed by atoms with E-state index in [9.17, 15) is 5.11 Å². The molecule has 2 rings (SSSR count). The summed E-state index contributed by atoms with van der Waals surface area (Å²) in [6.45, 7) is 7.24. The van der Waals surface area contributed by atoms with E-state index in [0.29, 0.717) is 0 Å². The number of hydrogen-bond acceptors (Lipinski definition) is 3. The minimum absolute atomic E-state index is 0.129. The molecule has 0 saturated carbocycles. The Bertz CT molecular complexity index is 537. The van der Waals surface area contributed by atoms with Gasteiger partial charge in [0.2, 0.25) is 0 Å². The number of hydrogen-bond donors (Lipinski definition) is 2. The van der Waals surface area contributed by atoms with Gasteiger partial charge in [-0.25, -0.2) is 0 Å². The minimum atomic E-state index is -0.263. The van der Waals surface area contributed by atoms with E-state index in [-0.39, 0.29) is 18.2 Å². The van der Waals surface area contributed by atoms with Crippen LogP contribution in [0.15, 0.2) is 30.5 Å². The van der Waals surface area contributed by atoms with Gasteiger partial charge < -0.3 is 10.4 Å². The third kappa shape index (κ3) is 2.96. The molecule has 1 heterocycles. The molecule has 2 N–H and O–H groups in total. The largest absolute Gasteiger partial charge is 0.394 e. The lowest BCUT2D eigenvalue weighted by Gasteiger charge is -2.31. The summed E-state index contributed by atoms with van der Waals surface area (Å²) in [5.41, 5.74) is 0.882. The van der Waals surface area contributed by atoms with Gasteiger partial charge in [-0.1, -0.05) is 25.1 Å². The SMILES string of the molecule is CCNC(C)(CO)CC(C)n1ncc2ccccc21. The van der Waals surface area contributed by atoms with Crippen molar-refractivity contribution in [2.45, 2.75) is 38.8 Å². The highest BCUT2D eigenvalue weighted by Crippen LogP contribution is 2.24. The standard InChI is InChI=1S/C15H23N3O/c1-4-16-15(3,11-19)9-12(2)18-14-8-6-5-7-13(14)10-17-18/h5-8,10,12,16,19H,4,9,11H2,1-3H3. The first-order valence-electron chi connectivity index (χ1n) is 6.88. The van der Waals surface area contributed by atoms with Gasteiger partial charge in [0.15, 0.2) is 0 Å². The number of aromatic nitrogens is 2. The van der Waals surface area contributed by atoms with Crippen LogP contribution < -0.4 is 5.32 Å². The number of nitrogens with one attached hydrogen (secondary N) is 1. The summed E-state index contributed by atoms with van der Waals surface area (Å²) in [7, 11) is 0. The Balaban J connectivity index is 2.22. The number of rotatable bonds is 6. The average molecular weight is 261 g/mol. The summed E-state index contributed by atoms with van der Waals surface area (Å²) in [6.07, 6.45) is 2.73. The molecule has 1 aromatic heterocycles. The molecule has 0 amide bonds. The first-order chi connectivity index (χ1) is 9.09. The lowest BCUT2D eigenvalue weighted by atomic mass is 9.94. The van der Waals surface area contributed by atoms with Crippen LogP contribution in [0.5, 0.6) is 0 Å². The third-order valence-corrected chi connectivity index (χ3v) is 3.62. The lowest BCUT2D eigenvalue weighted by Crippen LogP contribution is -2.47. The number of aliphatic hydroxyl groups is 1. The fraction of sp³-hybridized carbons (Fsp3) is 0.533. The molecule has 0 spiro atoms. The van der Waals surface area contributed by atoms with Crippen LogP contribution in [-0.4, -0.2) is 33.6 Å². The van der Waals surface area contributed by atoms with Gasteiger partial charge >= 0.3 is 0 Å². The van der Waals surface area contributed by atoms with Crippen molar-refractivity contribution in [3.05, 3.63) is 30.5 Å². The van der Waals surface area contributed by atoms with Gasteiger partial charge in [-0.3, -0.25) is 4.68 Å². The van der Waals surface area contributed by atoms with E-state index >= 15 is 0 Å². The van der Waals surface area contributed by atoms with Crippen molar-refractivity contribution < 1.29 is 5.11 Å². The molecular formula is C15H23N3O. The van der Waals surface area contributed by atoms with Crippen molar-refractivity contribution in [3.8, 4) is 0 Å². The molecule has 0 saturated heterocycles. The highest BCUT2D eigenvalue weighted by atomic mass is 16.3. The molecular weight excluding hydrogens is 238 g/mol. The Morgan fingerprint density at radius 1 is 1.42 bits per heavy atom. The van der Waals surface area contributed by atoms with Gasteiger partial charge in [0.25, 0.3) is 0 Å². The number of likely N-dealkylation sites (N-methyl/N-ethyl adjacent to an activating group) is 1.